The summed E-state index contributed by atoms with van der Waals surface area (Å²) in [6.07, 6.45) is -3.59. The van der Waals surface area contributed by atoms with Crippen molar-refractivity contribution in [3.8, 4) is 11.5 Å². The van der Waals surface area contributed by atoms with Crippen molar-refractivity contribution in [2.45, 2.75) is 12.8 Å². The molecule has 0 saturated carbocycles. The fraction of sp³-hybridized carbons (Fsp3) is 0.154. The summed E-state index contributed by atoms with van der Waals surface area (Å²) in [5.41, 5.74) is 1.47. The molecule has 2 heterocycles. The Morgan fingerprint density at radius 3 is 2.75 bits per heavy atom. The highest BCUT2D eigenvalue weighted by Crippen LogP contribution is 2.42. The van der Waals surface area contributed by atoms with Crippen molar-refractivity contribution in [1.29, 1.82) is 0 Å². The number of halogens is 3. The molecule has 0 atom stereocenters. The summed E-state index contributed by atoms with van der Waals surface area (Å²) in [5.74, 6) is 0.0448. The fourth-order valence-electron chi connectivity index (χ4n) is 1.80. The average molecular weight is 343 g/mol. The van der Waals surface area contributed by atoms with Crippen molar-refractivity contribution >= 4 is 21.6 Å². The van der Waals surface area contributed by atoms with Crippen molar-refractivity contribution in [2.75, 3.05) is 5.32 Å². The smallest absolute Gasteiger partial charge is 0.395 e. The normalized spacial score (nSPS) is 15.2. The first kappa shape index (κ1) is 13.1. The van der Waals surface area contributed by atoms with Crippen LogP contribution in [0.4, 0.5) is 14.5 Å². The highest BCUT2D eigenvalue weighted by molar-refractivity contribution is 9.10. The lowest BCUT2D eigenvalue weighted by atomic mass is 10.2. The van der Waals surface area contributed by atoms with Crippen LogP contribution in [0.1, 0.15) is 5.69 Å². The summed E-state index contributed by atoms with van der Waals surface area (Å²) in [6.45, 7) is 0.468. The van der Waals surface area contributed by atoms with Crippen LogP contribution in [0.25, 0.3) is 0 Å². The molecule has 0 bridgehead atoms. The van der Waals surface area contributed by atoms with E-state index in [9.17, 15) is 8.78 Å². The SMILES string of the molecule is FC1(F)Oc2ccc(NCc3cccc(Br)n3)cc2O1. The van der Waals surface area contributed by atoms with E-state index in [1.54, 1.807) is 6.07 Å². The molecule has 0 fully saturated rings. The second-order valence-electron chi connectivity index (χ2n) is 4.13. The van der Waals surface area contributed by atoms with Crippen LogP contribution < -0.4 is 14.8 Å². The van der Waals surface area contributed by atoms with Gasteiger partial charge in [0.15, 0.2) is 11.5 Å². The zero-order chi connectivity index (χ0) is 14.2. The number of anilines is 1. The van der Waals surface area contributed by atoms with E-state index in [1.807, 2.05) is 18.2 Å². The van der Waals surface area contributed by atoms with Crippen LogP contribution in [0.5, 0.6) is 11.5 Å². The van der Waals surface area contributed by atoms with Crippen LogP contribution in [0.2, 0.25) is 0 Å². The number of rotatable bonds is 3. The zero-order valence-electron chi connectivity index (χ0n) is 10.1. The number of hydrogen-bond donors (Lipinski definition) is 1. The molecule has 1 aromatic carbocycles. The van der Waals surface area contributed by atoms with Crippen LogP contribution in [-0.2, 0) is 6.54 Å². The first-order chi connectivity index (χ1) is 9.52. The lowest BCUT2D eigenvalue weighted by Crippen LogP contribution is -2.25. The van der Waals surface area contributed by atoms with Gasteiger partial charge >= 0.3 is 6.29 Å². The Balaban J connectivity index is 1.71. The Bertz CT molecular complexity index is 652. The molecule has 3 rings (SSSR count). The van der Waals surface area contributed by atoms with Crippen LogP contribution >= 0.6 is 15.9 Å². The highest BCUT2D eigenvalue weighted by Gasteiger charge is 2.43. The Labute approximate surface area is 121 Å². The maximum absolute atomic E-state index is 12.9. The van der Waals surface area contributed by atoms with Gasteiger partial charge in [-0.05, 0) is 40.2 Å². The molecule has 7 heteroatoms. The van der Waals surface area contributed by atoms with E-state index >= 15 is 0 Å². The number of benzene rings is 1. The molecule has 0 aliphatic carbocycles. The van der Waals surface area contributed by atoms with Gasteiger partial charge in [-0.25, -0.2) is 4.98 Å². The van der Waals surface area contributed by atoms with E-state index < -0.39 is 6.29 Å². The molecule has 1 N–H and O–H groups in total. The predicted molar refractivity (Wildman–Crippen MR) is 71.9 cm³/mol. The third-order valence-electron chi connectivity index (χ3n) is 2.65. The zero-order valence-corrected chi connectivity index (χ0v) is 11.7. The molecule has 104 valence electrons. The number of ether oxygens (including phenoxy) is 2. The first-order valence-corrected chi connectivity index (χ1v) is 6.56. The quantitative estimate of drug-likeness (QED) is 0.862. The van der Waals surface area contributed by atoms with Crippen molar-refractivity contribution in [2.24, 2.45) is 0 Å². The van der Waals surface area contributed by atoms with E-state index in [0.717, 1.165) is 10.3 Å². The van der Waals surface area contributed by atoms with E-state index in [-0.39, 0.29) is 11.5 Å². The minimum Gasteiger partial charge on any atom is -0.395 e. The van der Waals surface area contributed by atoms with E-state index in [0.29, 0.717) is 12.2 Å². The molecule has 0 amide bonds. The summed E-state index contributed by atoms with van der Waals surface area (Å²) in [4.78, 5) is 4.26. The van der Waals surface area contributed by atoms with Gasteiger partial charge in [0, 0.05) is 11.8 Å². The number of hydrogen-bond acceptors (Lipinski definition) is 4. The summed E-state index contributed by atoms with van der Waals surface area (Å²) in [7, 11) is 0. The first-order valence-electron chi connectivity index (χ1n) is 5.77. The van der Waals surface area contributed by atoms with Crippen molar-refractivity contribution in [1.82, 2.24) is 4.98 Å². The third kappa shape index (κ3) is 2.82. The second-order valence-corrected chi connectivity index (χ2v) is 4.95. The fourth-order valence-corrected chi connectivity index (χ4v) is 2.18. The summed E-state index contributed by atoms with van der Waals surface area (Å²) < 4.78 is 35.2. The molecule has 1 aliphatic heterocycles. The Kier molecular flexibility index (Phi) is 3.21. The molecule has 0 unspecified atom stereocenters. The molecular formula is C13H9BrF2N2O2. The number of fused-ring (bicyclic) bond motifs is 1. The predicted octanol–water partition coefficient (Wildman–Crippen LogP) is 3.78. The molecule has 4 nitrogen and oxygen atoms in total. The maximum Gasteiger partial charge on any atom is 0.586 e. The Morgan fingerprint density at radius 1 is 1.15 bits per heavy atom. The van der Waals surface area contributed by atoms with Gasteiger partial charge < -0.3 is 14.8 Å². The van der Waals surface area contributed by atoms with Gasteiger partial charge in [0.25, 0.3) is 0 Å². The summed E-state index contributed by atoms with van der Waals surface area (Å²) in [5, 5.41) is 3.08. The monoisotopic (exact) mass is 342 g/mol. The van der Waals surface area contributed by atoms with Gasteiger partial charge in [-0.3, -0.25) is 0 Å². The number of alkyl halides is 2. The van der Waals surface area contributed by atoms with Gasteiger partial charge in [0.05, 0.1) is 12.2 Å². The van der Waals surface area contributed by atoms with Gasteiger partial charge in [-0.1, -0.05) is 6.07 Å². The van der Waals surface area contributed by atoms with E-state index in [2.05, 4.69) is 35.7 Å². The minimum absolute atomic E-state index is 0.0159. The van der Waals surface area contributed by atoms with Crippen LogP contribution in [-0.4, -0.2) is 11.3 Å². The molecule has 0 saturated heterocycles. The second kappa shape index (κ2) is 4.90. The van der Waals surface area contributed by atoms with Crippen LogP contribution in [0, 0.1) is 0 Å². The molecular weight excluding hydrogens is 334 g/mol. The topological polar surface area (TPSA) is 43.4 Å². The van der Waals surface area contributed by atoms with Crippen molar-refractivity contribution in [3.63, 3.8) is 0 Å². The van der Waals surface area contributed by atoms with Gasteiger partial charge in [-0.15, -0.1) is 8.78 Å². The lowest BCUT2D eigenvalue weighted by molar-refractivity contribution is -0.286. The molecule has 1 aromatic heterocycles. The molecule has 2 aromatic rings. The van der Waals surface area contributed by atoms with Crippen LogP contribution in [0.3, 0.4) is 0 Å². The van der Waals surface area contributed by atoms with E-state index in [1.165, 1.54) is 12.1 Å². The van der Waals surface area contributed by atoms with E-state index in [4.69, 9.17) is 0 Å². The Morgan fingerprint density at radius 2 is 1.95 bits per heavy atom. The summed E-state index contributed by atoms with van der Waals surface area (Å²) >= 11 is 3.28. The van der Waals surface area contributed by atoms with Crippen LogP contribution in [0.15, 0.2) is 41.0 Å². The van der Waals surface area contributed by atoms with Crippen molar-refractivity contribution in [3.05, 3.63) is 46.7 Å². The standard InChI is InChI=1S/C13H9BrF2N2O2/c14-12-3-1-2-9(18-12)7-17-8-4-5-10-11(6-8)20-13(15,16)19-10/h1-6,17H,7H2. The molecule has 0 radical (unpaired) electrons. The van der Waals surface area contributed by atoms with Gasteiger partial charge in [-0.2, -0.15) is 0 Å². The largest absolute Gasteiger partial charge is 0.586 e. The Hall–Kier alpha value is -1.89. The molecule has 1 aliphatic rings. The number of pyridine rings is 1. The van der Waals surface area contributed by atoms with Crippen molar-refractivity contribution < 1.29 is 18.3 Å². The average Bonchev–Trinajstić information content (AvgIpc) is 2.69. The number of aromatic nitrogens is 1. The summed E-state index contributed by atoms with van der Waals surface area (Å²) in [6, 6.07) is 10.1. The lowest BCUT2D eigenvalue weighted by Gasteiger charge is -2.07. The highest BCUT2D eigenvalue weighted by atomic mass is 79.9. The minimum atomic E-state index is -3.59. The van der Waals surface area contributed by atoms with Gasteiger partial charge in [0.2, 0.25) is 0 Å². The molecule has 0 spiro atoms. The number of nitrogens with zero attached hydrogens (tertiary/aromatic N) is 1. The third-order valence-corrected chi connectivity index (χ3v) is 3.09. The maximum atomic E-state index is 12.9. The van der Waals surface area contributed by atoms with Gasteiger partial charge in [0.1, 0.15) is 4.60 Å². The molecule has 20 heavy (non-hydrogen) atoms. The number of nitrogens with one attached hydrogen (secondary N) is 1.